The Labute approximate surface area is 117 Å². The number of aryl methyl sites for hydroxylation is 1. The highest BCUT2D eigenvalue weighted by Crippen LogP contribution is 2.29. The van der Waals surface area contributed by atoms with Crippen molar-refractivity contribution in [3.05, 3.63) is 29.8 Å². The second-order valence-electron chi connectivity index (χ2n) is 5.28. The zero-order chi connectivity index (χ0) is 13.7. The van der Waals surface area contributed by atoms with Gasteiger partial charge in [-0.15, -0.1) is 0 Å². The molecule has 0 bridgehead atoms. The van der Waals surface area contributed by atoms with E-state index in [2.05, 4.69) is 47.9 Å². The number of hydrogen-bond donors (Lipinski definition) is 1. The molecular weight excluding hydrogens is 234 g/mol. The predicted octanol–water partition coefficient (Wildman–Crippen LogP) is 2.11. The van der Waals surface area contributed by atoms with Crippen molar-refractivity contribution >= 4 is 5.69 Å². The molecule has 3 nitrogen and oxygen atoms in total. The topological polar surface area (TPSA) is 32.5 Å². The molecule has 1 unspecified atom stereocenters. The van der Waals surface area contributed by atoms with E-state index < -0.39 is 0 Å². The van der Waals surface area contributed by atoms with Gasteiger partial charge in [0, 0.05) is 31.4 Å². The van der Waals surface area contributed by atoms with Gasteiger partial charge in [0.25, 0.3) is 0 Å². The lowest BCUT2D eigenvalue weighted by molar-refractivity contribution is 0.304. The lowest BCUT2D eigenvalue weighted by atomic mass is 9.95. The van der Waals surface area contributed by atoms with Gasteiger partial charge in [-0.1, -0.05) is 32.0 Å². The van der Waals surface area contributed by atoms with Gasteiger partial charge in [-0.25, -0.2) is 0 Å². The van der Waals surface area contributed by atoms with Crippen LogP contribution in [0.5, 0.6) is 0 Å². The number of rotatable bonds is 6. The third kappa shape index (κ3) is 3.28. The Kier molecular flexibility index (Phi) is 5.23. The molecule has 2 N–H and O–H groups in total. The van der Waals surface area contributed by atoms with Crippen molar-refractivity contribution in [2.75, 3.05) is 37.6 Å². The summed E-state index contributed by atoms with van der Waals surface area (Å²) in [7, 11) is 0. The number of nitrogens with two attached hydrogens (primary N) is 1. The highest BCUT2D eigenvalue weighted by Gasteiger charge is 2.24. The summed E-state index contributed by atoms with van der Waals surface area (Å²) >= 11 is 0. The predicted molar refractivity (Wildman–Crippen MR) is 82.7 cm³/mol. The van der Waals surface area contributed by atoms with E-state index in [1.165, 1.54) is 24.1 Å². The Morgan fingerprint density at radius 2 is 2.00 bits per heavy atom. The molecule has 0 aromatic heterocycles. The van der Waals surface area contributed by atoms with Crippen LogP contribution < -0.4 is 10.6 Å². The summed E-state index contributed by atoms with van der Waals surface area (Å²) < 4.78 is 0. The Morgan fingerprint density at radius 3 is 2.68 bits per heavy atom. The highest BCUT2D eigenvalue weighted by molar-refractivity contribution is 5.56. The van der Waals surface area contributed by atoms with E-state index in [1.54, 1.807) is 0 Å². The summed E-state index contributed by atoms with van der Waals surface area (Å²) in [6, 6.07) is 9.29. The number of nitrogens with zero attached hydrogens (tertiary/aromatic N) is 2. The number of para-hydroxylation sites is 1. The van der Waals surface area contributed by atoms with Crippen molar-refractivity contribution in [1.29, 1.82) is 0 Å². The van der Waals surface area contributed by atoms with Crippen LogP contribution in [0, 0.1) is 0 Å². The van der Waals surface area contributed by atoms with E-state index in [-0.39, 0.29) is 0 Å². The van der Waals surface area contributed by atoms with E-state index >= 15 is 0 Å². The largest absolute Gasteiger partial charge is 0.366 e. The Bertz CT molecular complexity index is 387. The molecule has 106 valence electrons. The molecule has 3 heteroatoms. The summed E-state index contributed by atoms with van der Waals surface area (Å²) in [6.45, 7) is 9.67. The molecule has 19 heavy (non-hydrogen) atoms. The van der Waals surface area contributed by atoms with Gasteiger partial charge < -0.3 is 15.5 Å². The third-order valence-corrected chi connectivity index (χ3v) is 4.31. The van der Waals surface area contributed by atoms with E-state index in [1.807, 2.05) is 0 Å². The first-order chi connectivity index (χ1) is 9.30. The molecule has 0 saturated carbocycles. The molecule has 0 saturated heterocycles. The molecule has 1 aromatic rings. The van der Waals surface area contributed by atoms with Gasteiger partial charge in [0.05, 0.1) is 0 Å². The van der Waals surface area contributed by atoms with Crippen molar-refractivity contribution in [3.63, 3.8) is 0 Å². The first kappa shape index (κ1) is 14.4. The summed E-state index contributed by atoms with van der Waals surface area (Å²) in [5.74, 6) is 0. The molecule has 1 atom stereocenters. The van der Waals surface area contributed by atoms with Crippen LogP contribution in [0.2, 0.25) is 0 Å². The van der Waals surface area contributed by atoms with Crippen LogP contribution in [0.3, 0.4) is 0 Å². The third-order valence-electron chi connectivity index (χ3n) is 4.31. The Morgan fingerprint density at radius 1 is 1.26 bits per heavy atom. The number of benzene rings is 1. The summed E-state index contributed by atoms with van der Waals surface area (Å²) in [5, 5.41) is 0. The lowest BCUT2D eigenvalue weighted by Crippen LogP contribution is -2.47. The van der Waals surface area contributed by atoms with Crippen LogP contribution in [-0.2, 0) is 6.42 Å². The van der Waals surface area contributed by atoms with Crippen LogP contribution in [0.4, 0.5) is 5.69 Å². The van der Waals surface area contributed by atoms with Crippen LogP contribution in [0.1, 0.15) is 25.8 Å². The maximum atomic E-state index is 5.97. The maximum absolute atomic E-state index is 5.97. The van der Waals surface area contributed by atoms with Crippen molar-refractivity contribution in [3.8, 4) is 0 Å². The molecule has 2 rings (SSSR count). The maximum Gasteiger partial charge on any atom is 0.0416 e. The smallest absolute Gasteiger partial charge is 0.0416 e. The van der Waals surface area contributed by atoms with Crippen LogP contribution in [0.15, 0.2) is 24.3 Å². The number of fused-ring (bicyclic) bond motifs is 1. The minimum Gasteiger partial charge on any atom is -0.366 e. The van der Waals surface area contributed by atoms with Crippen LogP contribution >= 0.6 is 0 Å². The molecule has 1 aliphatic heterocycles. The summed E-state index contributed by atoms with van der Waals surface area (Å²) in [6.07, 6.45) is 2.35. The van der Waals surface area contributed by atoms with Crippen molar-refractivity contribution in [1.82, 2.24) is 4.90 Å². The van der Waals surface area contributed by atoms with E-state index in [4.69, 9.17) is 5.73 Å². The lowest BCUT2D eigenvalue weighted by Gasteiger charge is -2.39. The fraction of sp³-hybridized carbons (Fsp3) is 0.625. The normalized spacial score (nSPS) is 18.7. The van der Waals surface area contributed by atoms with Gasteiger partial charge in [-0.3, -0.25) is 0 Å². The minimum absolute atomic E-state index is 0.505. The Balaban J connectivity index is 2.11. The van der Waals surface area contributed by atoms with Gasteiger partial charge in [0.15, 0.2) is 0 Å². The average molecular weight is 261 g/mol. The molecule has 1 aliphatic rings. The quantitative estimate of drug-likeness (QED) is 0.851. The SMILES string of the molecule is CCN(CC)CCN1c2ccccc2CCC1CN. The second kappa shape index (κ2) is 6.92. The fourth-order valence-corrected chi connectivity index (χ4v) is 3.01. The average Bonchev–Trinajstić information content (AvgIpc) is 2.48. The van der Waals surface area contributed by atoms with Crippen molar-refractivity contribution in [2.45, 2.75) is 32.7 Å². The fourth-order valence-electron chi connectivity index (χ4n) is 3.01. The van der Waals surface area contributed by atoms with Crippen molar-refractivity contribution < 1.29 is 0 Å². The first-order valence-electron chi connectivity index (χ1n) is 7.57. The molecule has 0 radical (unpaired) electrons. The van der Waals surface area contributed by atoms with Gasteiger partial charge in [0.1, 0.15) is 0 Å². The number of anilines is 1. The zero-order valence-electron chi connectivity index (χ0n) is 12.3. The molecule has 1 aromatic carbocycles. The molecule has 1 heterocycles. The number of likely N-dealkylation sites (N-methyl/N-ethyl adjacent to an activating group) is 1. The molecule has 0 fully saturated rings. The Hall–Kier alpha value is -1.06. The van der Waals surface area contributed by atoms with E-state index in [9.17, 15) is 0 Å². The van der Waals surface area contributed by atoms with E-state index in [0.717, 1.165) is 32.7 Å². The monoisotopic (exact) mass is 261 g/mol. The number of hydrogen-bond acceptors (Lipinski definition) is 3. The van der Waals surface area contributed by atoms with E-state index in [0.29, 0.717) is 6.04 Å². The molecular formula is C16H27N3. The summed E-state index contributed by atoms with van der Waals surface area (Å²) in [4.78, 5) is 5.00. The molecule has 0 amide bonds. The van der Waals surface area contributed by atoms with Gasteiger partial charge in [-0.05, 0) is 37.6 Å². The van der Waals surface area contributed by atoms with Gasteiger partial charge >= 0.3 is 0 Å². The van der Waals surface area contributed by atoms with Crippen molar-refractivity contribution in [2.24, 2.45) is 5.73 Å². The summed E-state index contributed by atoms with van der Waals surface area (Å²) in [5.41, 5.74) is 8.84. The van der Waals surface area contributed by atoms with Gasteiger partial charge in [0.2, 0.25) is 0 Å². The molecule has 0 spiro atoms. The minimum atomic E-state index is 0.505. The highest BCUT2D eigenvalue weighted by atomic mass is 15.2. The second-order valence-corrected chi connectivity index (χ2v) is 5.28. The van der Waals surface area contributed by atoms with Gasteiger partial charge in [-0.2, -0.15) is 0 Å². The van der Waals surface area contributed by atoms with Crippen LogP contribution in [0.25, 0.3) is 0 Å². The zero-order valence-corrected chi connectivity index (χ0v) is 12.3. The van der Waals surface area contributed by atoms with Crippen LogP contribution in [-0.4, -0.2) is 43.7 Å². The first-order valence-corrected chi connectivity index (χ1v) is 7.57. The molecule has 0 aliphatic carbocycles. The standard InChI is InChI=1S/C16H27N3/c1-3-18(4-2)11-12-19-15(13-17)10-9-14-7-5-6-8-16(14)19/h5-8,15H,3-4,9-13,17H2,1-2H3.